The maximum absolute atomic E-state index is 13.6. The third-order valence-corrected chi connectivity index (χ3v) is 15.1. The van der Waals surface area contributed by atoms with Crippen molar-refractivity contribution in [2.45, 2.75) is 115 Å². The molecule has 8 aromatic rings. The molecule has 2 unspecified atom stereocenters. The molecule has 0 aromatic carbocycles. The van der Waals surface area contributed by atoms with Crippen LogP contribution in [0.1, 0.15) is 126 Å². The lowest BCUT2D eigenvalue weighted by Crippen LogP contribution is -2.39. The number of carboxylic acid groups (broad SMARTS) is 1. The smallest absolute Gasteiger partial charge is 0.336 e. The Kier molecular flexibility index (Phi) is 18.9. The Balaban J connectivity index is 0.000000215. The van der Waals surface area contributed by atoms with E-state index in [2.05, 4.69) is 90.2 Å². The van der Waals surface area contributed by atoms with Gasteiger partial charge in [-0.1, -0.05) is 7.43 Å². The summed E-state index contributed by atoms with van der Waals surface area (Å²) in [6, 6.07) is 15.9. The lowest BCUT2D eigenvalue weighted by atomic mass is 10.0. The third kappa shape index (κ3) is 12.3. The number of carboxylic acids is 1. The van der Waals surface area contributed by atoms with Crippen molar-refractivity contribution in [3.05, 3.63) is 161 Å². The molecule has 2 aliphatic rings. The lowest BCUT2D eigenvalue weighted by molar-refractivity contribution is 0.0186. The van der Waals surface area contributed by atoms with E-state index in [0.29, 0.717) is 55.2 Å². The van der Waals surface area contributed by atoms with Crippen LogP contribution in [-0.4, -0.2) is 118 Å². The molecule has 8 aromatic heterocycles. The number of ether oxygens (including phenoxy) is 2. The summed E-state index contributed by atoms with van der Waals surface area (Å²) in [5.41, 5.74) is 20.7. The standard InChI is InChI=1S/C29H36N6O3.C21H26N4O3.C8H12N2O.CH4.H2/c1-6-35-26(7-8-31-35)22-14-23-15-24(28(36)30-16-25-18(2)13-19(3)32-29(25)37)20(4)27(34(23)17-22)21(5)33-9-11-38-12-10-33;1-4-25-19(5-6-22-25)16-11-17-12-18(21(26)27)14(2)20(24(17)13-16)15(3)23-7-9-28-10-8-23;1-5-3-6(2)10-8(11)7(5)4-9;;/h7-8,13-15,17,21H,6,9-12,16H2,1-5H3,(H,30,36)(H,32,37);5-6,11-13,15H,4,7-10H2,1-3H3,(H,26,27);3H,4,9H2,1-2H3,(H,10,11);1H4;1H. The van der Waals surface area contributed by atoms with Gasteiger partial charge in [0.1, 0.15) is 0 Å². The number of hydrogen-bond acceptors (Lipinski definition) is 11. The fourth-order valence-corrected chi connectivity index (χ4v) is 11.0. The van der Waals surface area contributed by atoms with E-state index in [1.54, 1.807) is 12.3 Å². The van der Waals surface area contributed by atoms with Gasteiger partial charge in [0.15, 0.2) is 0 Å². The van der Waals surface area contributed by atoms with Gasteiger partial charge in [0.2, 0.25) is 0 Å². The monoisotopic (exact) mass is 1070 g/mol. The average Bonchev–Trinajstić information content (AvgIpc) is 4.30. The van der Waals surface area contributed by atoms with Crippen LogP contribution < -0.4 is 22.2 Å². The minimum Gasteiger partial charge on any atom is -0.478 e. The predicted molar refractivity (Wildman–Crippen MR) is 308 cm³/mol. The first kappa shape index (κ1) is 58.3. The summed E-state index contributed by atoms with van der Waals surface area (Å²) in [4.78, 5) is 59.4. The number of aromatic nitrogens is 8. The van der Waals surface area contributed by atoms with Gasteiger partial charge in [-0.2, -0.15) is 10.2 Å². The van der Waals surface area contributed by atoms with Crippen molar-refractivity contribution in [2.75, 3.05) is 52.6 Å². The maximum Gasteiger partial charge on any atom is 0.336 e. The van der Waals surface area contributed by atoms with Gasteiger partial charge >= 0.3 is 5.97 Å². The molecule has 0 spiro atoms. The molecule has 2 aliphatic heterocycles. The Labute approximate surface area is 457 Å². The van der Waals surface area contributed by atoms with Crippen LogP contribution in [0.2, 0.25) is 0 Å². The summed E-state index contributed by atoms with van der Waals surface area (Å²) in [5.74, 6) is -1.09. The number of nitrogens with one attached hydrogen (secondary N) is 3. The van der Waals surface area contributed by atoms with Gasteiger partial charge in [-0.05, 0) is 140 Å². The van der Waals surface area contributed by atoms with E-state index in [0.717, 1.165) is 118 Å². The molecule has 2 fully saturated rings. The van der Waals surface area contributed by atoms with E-state index in [-0.39, 0.29) is 44.5 Å². The molecule has 6 N–H and O–H groups in total. The molecular formula is C59H80N12O7. The molecule has 10 heterocycles. The zero-order valence-electron chi connectivity index (χ0n) is 46.1. The molecule has 2 atom stereocenters. The molecule has 0 bridgehead atoms. The van der Waals surface area contributed by atoms with Crippen LogP contribution in [0.25, 0.3) is 33.5 Å². The second-order valence-electron chi connectivity index (χ2n) is 20.0. The molecule has 78 heavy (non-hydrogen) atoms. The van der Waals surface area contributed by atoms with Gasteiger partial charge in [0, 0.05) is 152 Å². The normalized spacial score (nSPS) is 14.8. The highest BCUT2D eigenvalue weighted by molar-refractivity contribution is 5.97. The summed E-state index contributed by atoms with van der Waals surface area (Å²) < 4.78 is 19.4. The number of aromatic carboxylic acids is 1. The Bertz CT molecular complexity index is 3540. The number of fused-ring (bicyclic) bond motifs is 2. The van der Waals surface area contributed by atoms with Gasteiger partial charge in [-0.3, -0.25) is 33.5 Å². The van der Waals surface area contributed by atoms with Crippen molar-refractivity contribution in [3.63, 3.8) is 0 Å². The second-order valence-corrected chi connectivity index (χ2v) is 20.0. The molecular weight excluding hydrogens is 989 g/mol. The number of carbonyl (C=O) groups excluding carboxylic acids is 1. The van der Waals surface area contributed by atoms with Crippen LogP contribution in [0.15, 0.2) is 82.9 Å². The number of aryl methyl sites for hydroxylation is 6. The Morgan fingerprint density at radius 1 is 0.679 bits per heavy atom. The lowest BCUT2D eigenvalue weighted by Gasteiger charge is -2.34. The number of pyridine rings is 4. The number of nitrogens with zero attached hydrogens (tertiary/aromatic N) is 8. The Hall–Kier alpha value is -7.42. The fourth-order valence-electron chi connectivity index (χ4n) is 11.0. The number of rotatable bonds is 13. The highest BCUT2D eigenvalue weighted by Gasteiger charge is 2.28. The van der Waals surface area contributed by atoms with Crippen molar-refractivity contribution in [1.82, 2.24) is 53.4 Å². The van der Waals surface area contributed by atoms with Gasteiger partial charge < -0.3 is 44.4 Å². The summed E-state index contributed by atoms with van der Waals surface area (Å²) in [6.07, 6.45) is 7.86. The van der Waals surface area contributed by atoms with Crippen molar-refractivity contribution >= 4 is 22.9 Å². The number of amides is 1. The zero-order valence-corrected chi connectivity index (χ0v) is 46.1. The first-order valence-corrected chi connectivity index (χ1v) is 26.5. The average molecular weight is 1070 g/mol. The molecule has 19 nitrogen and oxygen atoms in total. The van der Waals surface area contributed by atoms with Crippen molar-refractivity contribution in [1.29, 1.82) is 0 Å². The van der Waals surface area contributed by atoms with Gasteiger partial charge in [-0.15, -0.1) is 0 Å². The number of morpholine rings is 2. The predicted octanol–water partition coefficient (Wildman–Crippen LogP) is 8.31. The van der Waals surface area contributed by atoms with Gasteiger partial charge in [0.05, 0.1) is 43.4 Å². The van der Waals surface area contributed by atoms with Gasteiger partial charge in [0.25, 0.3) is 17.0 Å². The van der Waals surface area contributed by atoms with E-state index < -0.39 is 5.97 Å². The maximum atomic E-state index is 13.6. The van der Waals surface area contributed by atoms with Gasteiger partial charge in [-0.25, -0.2) is 4.79 Å². The van der Waals surface area contributed by atoms with E-state index >= 15 is 0 Å². The number of hydrogen-bond donors (Lipinski definition) is 5. The van der Waals surface area contributed by atoms with E-state index in [4.69, 9.17) is 15.2 Å². The fraction of sp³-hybridized carbons (Fsp3) is 0.424. The number of carbonyl (C=O) groups is 2. The molecule has 10 rings (SSSR count). The highest BCUT2D eigenvalue weighted by atomic mass is 16.5. The first-order valence-electron chi connectivity index (χ1n) is 26.5. The molecule has 0 saturated carbocycles. The molecule has 19 heteroatoms. The minimum atomic E-state index is -0.892. The van der Waals surface area contributed by atoms with E-state index in [1.807, 2.05) is 93.5 Å². The van der Waals surface area contributed by atoms with Crippen molar-refractivity contribution in [2.24, 2.45) is 5.73 Å². The van der Waals surface area contributed by atoms with Crippen LogP contribution >= 0.6 is 0 Å². The minimum absolute atomic E-state index is 0. The van der Waals surface area contributed by atoms with Crippen LogP contribution in [0.4, 0.5) is 0 Å². The zero-order chi connectivity index (χ0) is 55.2. The van der Waals surface area contributed by atoms with Crippen LogP contribution in [-0.2, 0) is 35.7 Å². The molecule has 0 radical (unpaired) electrons. The molecule has 0 aliphatic carbocycles. The van der Waals surface area contributed by atoms with Crippen LogP contribution in [0, 0.1) is 41.5 Å². The first-order chi connectivity index (χ1) is 36.9. The second kappa shape index (κ2) is 25.4. The largest absolute Gasteiger partial charge is 0.478 e. The third-order valence-electron chi connectivity index (χ3n) is 15.1. The molecule has 418 valence electrons. The topological polar surface area (TPSA) is 228 Å². The quantitative estimate of drug-likeness (QED) is 0.0735. The summed E-state index contributed by atoms with van der Waals surface area (Å²) in [6.45, 7) is 28.1. The van der Waals surface area contributed by atoms with E-state index in [9.17, 15) is 24.3 Å². The summed E-state index contributed by atoms with van der Waals surface area (Å²) in [7, 11) is 0. The van der Waals surface area contributed by atoms with Crippen LogP contribution in [0.5, 0.6) is 0 Å². The van der Waals surface area contributed by atoms with Crippen molar-refractivity contribution < 1.29 is 25.6 Å². The molecule has 2 saturated heterocycles. The van der Waals surface area contributed by atoms with Crippen LogP contribution in [0.3, 0.4) is 0 Å². The van der Waals surface area contributed by atoms with E-state index in [1.165, 1.54) is 0 Å². The number of H-pyrrole nitrogens is 2. The summed E-state index contributed by atoms with van der Waals surface area (Å²) >= 11 is 0. The number of aromatic amines is 2. The summed E-state index contributed by atoms with van der Waals surface area (Å²) in [5, 5.41) is 21.6. The highest BCUT2D eigenvalue weighted by Crippen LogP contribution is 2.34. The Morgan fingerprint density at radius 3 is 1.51 bits per heavy atom. The van der Waals surface area contributed by atoms with Crippen molar-refractivity contribution in [3.8, 4) is 22.5 Å². The Morgan fingerprint density at radius 2 is 1.10 bits per heavy atom. The number of nitrogens with two attached hydrogens (primary N) is 1. The SMILES string of the molecule is C.CCn1nccc1-c1cc2cc(C(=O)NCc3c(C)cc(C)[nH]c3=O)c(C)c(C(C)N3CCOCC3)n2c1.CCn1nccc1-c1cc2cc(C(=O)O)c(C)c(C(C)N3CCOCC3)n2c1.Cc1cc(C)c(CN)c(=O)[nH]1.[HH]. The molecule has 1 amide bonds.